The van der Waals surface area contributed by atoms with Gasteiger partial charge in [0.15, 0.2) is 11.4 Å². The lowest BCUT2D eigenvalue weighted by Crippen LogP contribution is -2.23. The number of hydrogen-bond donors (Lipinski definition) is 4. The van der Waals surface area contributed by atoms with Crippen LogP contribution in [0.25, 0.3) is 33.2 Å². The number of aromatic carboxylic acids is 1. The molecule has 13 aromatic rings. The molecule has 3 aliphatic heterocycles. The number of aryl methyl sites for hydroxylation is 2. The summed E-state index contributed by atoms with van der Waals surface area (Å²) in [5.41, 5.74) is 27.2. The van der Waals surface area contributed by atoms with E-state index >= 15 is 0 Å². The zero-order valence-corrected chi connectivity index (χ0v) is 53.2. The van der Waals surface area contributed by atoms with Crippen LogP contribution in [0.15, 0.2) is 156 Å². The lowest BCUT2D eigenvalue weighted by molar-refractivity contribution is 0.0690. The van der Waals surface area contributed by atoms with Crippen molar-refractivity contribution in [1.82, 2.24) is 79.0 Å². The van der Waals surface area contributed by atoms with E-state index in [4.69, 9.17) is 39.6 Å². The highest BCUT2D eigenvalue weighted by atomic mass is 16.5. The number of nitrogens with one attached hydrogen (secondary N) is 1. The average Bonchev–Trinajstić information content (AvgIpc) is 1.80. The van der Waals surface area contributed by atoms with Crippen LogP contribution in [0.5, 0.6) is 17.2 Å². The normalized spacial score (nSPS) is 13.8. The van der Waals surface area contributed by atoms with Gasteiger partial charge in [-0.1, -0.05) is 36.4 Å². The smallest absolute Gasteiger partial charge is 0.358 e. The first-order valence-corrected chi connectivity index (χ1v) is 32.1. The first kappa shape index (κ1) is 63.5. The number of nitrogens with zero attached hydrogens (tertiary/aromatic N) is 15. The monoisotopic (exact) mass is 1290 g/mol. The molecule has 0 unspecified atom stereocenters. The molecule has 96 heavy (non-hydrogen) atoms. The Hall–Kier alpha value is -11.2. The van der Waals surface area contributed by atoms with Gasteiger partial charge in [0, 0.05) is 157 Å². The molecule has 13 aromatic heterocycles. The van der Waals surface area contributed by atoms with Crippen molar-refractivity contribution in [3.8, 4) is 17.2 Å². The molecule has 0 spiro atoms. The number of fused-ring (bicyclic) bond motifs is 7. The van der Waals surface area contributed by atoms with Gasteiger partial charge in [0.25, 0.3) is 5.91 Å². The summed E-state index contributed by atoms with van der Waals surface area (Å²) in [6.45, 7) is 8.57. The van der Waals surface area contributed by atoms with Gasteiger partial charge in [0.2, 0.25) is 0 Å². The van der Waals surface area contributed by atoms with Crippen LogP contribution in [0.2, 0.25) is 0 Å². The highest BCUT2D eigenvalue weighted by Gasteiger charge is 2.25. The molecule has 2 aliphatic carbocycles. The fourth-order valence-electron chi connectivity index (χ4n) is 10.9. The van der Waals surface area contributed by atoms with Crippen molar-refractivity contribution in [2.24, 2.45) is 11.5 Å². The molecule has 16 heterocycles. The molecular weight excluding hydrogens is 1220 g/mol. The molecule has 26 heteroatoms. The third-order valence-electron chi connectivity index (χ3n) is 16.6. The summed E-state index contributed by atoms with van der Waals surface area (Å²) in [6.07, 6.45) is 33.7. The van der Waals surface area contributed by atoms with E-state index in [0.29, 0.717) is 51.2 Å². The molecule has 0 aromatic carbocycles. The minimum Gasteiger partial charge on any atom is -0.493 e. The van der Waals surface area contributed by atoms with Gasteiger partial charge in [-0.05, 0) is 85.8 Å². The Balaban J connectivity index is 0.000000111. The van der Waals surface area contributed by atoms with E-state index in [2.05, 4.69) is 110 Å². The third kappa shape index (κ3) is 15.9. The molecular formula is C70H72N18O8. The van der Waals surface area contributed by atoms with Crippen molar-refractivity contribution in [3.63, 3.8) is 0 Å². The summed E-state index contributed by atoms with van der Waals surface area (Å²) in [4.78, 5) is 53.6. The van der Waals surface area contributed by atoms with Gasteiger partial charge in [-0.3, -0.25) is 29.7 Å². The third-order valence-corrected chi connectivity index (χ3v) is 16.6. The number of nitrogens with two attached hydrogens (primary N) is 2. The number of imidazole rings is 2. The SMILES string of the molecule is CCc1cc2c(cn1)CCO2.CCc1cc2occc2cn1.NCc1cc2c(cn1)CCO2.NCc1cc2occc2cn1.O=C(NCc1cc2c(cn1)CCO2)c1cn(Cc2cn3cc(C4CC4)ccc3n2)nn1.O=C(O)c1cn(Cc2cn3cc(C4CC4)ccc3n2)nn1. The predicted molar refractivity (Wildman–Crippen MR) is 354 cm³/mol. The topological polar surface area (TPSA) is 333 Å². The van der Waals surface area contributed by atoms with Crippen molar-refractivity contribution in [3.05, 3.63) is 226 Å². The number of carboxylic acids is 1. The summed E-state index contributed by atoms with van der Waals surface area (Å²) in [5.74, 6) is 2.88. The first-order valence-electron chi connectivity index (χ1n) is 32.1. The van der Waals surface area contributed by atoms with Crippen molar-refractivity contribution in [2.45, 2.75) is 116 Å². The molecule has 490 valence electrons. The van der Waals surface area contributed by atoms with Crippen LogP contribution >= 0.6 is 0 Å². The summed E-state index contributed by atoms with van der Waals surface area (Å²) < 4.78 is 33.9. The molecule has 0 bridgehead atoms. The molecule has 26 nitrogen and oxygen atoms in total. The van der Waals surface area contributed by atoms with E-state index in [0.717, 1.165) is 141 Å². The van der Waals surface area contributed by atoms with Crippen LogP contribution in [-0.2, 0) is 64.8 Å². The quantitative estimate of drug-likeness (QED) is 0.0787. The lowest BCUT2D eigenvalue weighted by Gasteiger charge is -2.04. The average molecular weight is 1290 g/mol. The van der Waals surface area contributed by atoms with Crippen LogP contribution in [-0.4, -0.2) is 110 Å². The highest BCUT2D eigenvalue weighted by molar-refractivity contribution is 5.91. The Morgan fingerprint density at radius 2 is 0.958 bits per heavy atom. The van der Waals surface area contributed by atoms with Crippen LogP contribution in [0, 0.1) is 0 Å². The Bertz CT molecular complexity index is 4720. The number of aromatic nitrogens is 15. The second-order valence-corrected chi connectivity index (χ2v) is 23.6. The Morgan fingerprint density at radius 3 is 1.46 bits per heavy atom. The van der Waals surface area contributed by atoms with E-state index in [1.807, 2.05) is 90.1 Å². The van der Waals surface area contributed by atoms with E-state index < -0.39 is 5.97 Å². The van der Waals surface area contributed by atoms with Crippen molar-refractivity contribution >= 4 is 45.1 Å². The first-order chi connectivity index (χ1) is 47.0. The number of pyridine rings is 7. The Labute approximate surface area is 550 Å². The van der Waals surface area contributed by atoms with Gasteiger partial charge in [0.1, 0.15) is 39.7 Å². The predicted octanol–water partition coefficient (Wildman–Crippen LogP) is 9.39. The van der Waals surface area contributed by atoms with Gasteiger partial charge >= 0.3 is 5.97 Å². The van der Waals surface area contributed by atoms with Crippen molar-refractivity contribution in [1.29, 1.82) is 0 Å². The number of amides is 1. The molecule has 6 N–H and O–H groups in total. The van der Waals surface area contributed by atoms with Crippen LogP contribution < -0.4 is 31.0 Å². The zero-order chi connectivity index (χ0) is 65.9. The van der Waals surface area contributed by atoms with E-state index in [-0.39, 0.29) is 17.3 Å². The number of carbonyl (C=O) groups is 2. The summed E-state index contributed by atoms with van der Waals surface area (Å²) >= 11 is 0. The molecule has 0 atom stereocenters. The van der Waals surface area contributed by atoms with Crippen LogP contribution in [0.4, 0.5) is 0 Å². The molecule has 0 saturated heterocycles. The number of carboxylic acid groups (broad SMARTS) is 1. The van der Waals surface area contributed by atoms with Gasteiger partial charge in [-0.2, -0.15) is 0 Å². The van der Waals surface area contributed by atoms with Gasteiger partial charge in [-0.15, -0.1) is 10.2 Å². The Morgan fingerprint density at radius 1 is 0.521 bits per heavy atom. The fourth-order valence-corrected chi connectivity index (χ4v) is 10.9. The van der Waals surface area contributed by atoms with Crippen LogP contribution in [0.3, 0.4) is 0 Å². The van der Waals surface area contributed by atoms with Crippen molar-refractivity contribution in [2.75, 3.05) is 19.8 Å². The number of rotatable bonds is 14. The summed E-state index contributed by atoms with van der Waals surface area (Å²) in [6, 6.07) is 21.8. The second kappa shape index (κ2) is 29.4. The Kier molecular flexibility index (Phi) is 19.4. The molecule has 18 rings (SSSR count). The second-order valence-electron chi connectivity index (χ2n) is 23.6. The van der Waals surface area contributed by atoms with Gasteiger partial charge < -0.3 is 53.7 Å². The molecule has 2 saturated carbocycles. The standard InChI is InChI=1S/C22H21N7O2.C14H13N5O2.C9H11NO.C9H9NO.C8H10N2O.C8H8N2O/c30-22(24-9-17-7-20-15(8-23-17)5-6-31-20)19-13-29(27-26-19)12-18-11-28-10-16(14-1-2-14)3-4-21(28)25-18;20-14(21)12-8-19(17-16-12)7-11-6-18-5-10(9-1-2-9)3-4-13(18)15-11;2*1-2-8-5-9-7(6-10-8)3-4-11-9;2*9-4-7-3-8-6(5-10-7)1-2-11-8/h3-4,7-8,10-11,13-14H,1-2,5-6,9,12H2,(H,24,30);3-6,8-9H,1-2,7H2,(H,20,21);5-6H,2-4H2,1H3;3-6H,2H2,1H3;3,5H,1-2,4,9H2;1-3,5H,4,9H2. The van der Waals surface area contributed by atoms with Gasteiger partial charge in [0.05, 0.1) is 92.8 Å². The minimum absolute atomic E-state index is 0.0604. The largest absolute Gasteiger partial charge is 0.493 e. The van der Waals surface area contributed by atoms with Crippen molar-refractivity contribution < 1.29 is 37.7 Å². The number of furan rings is 2. The number of ether oxygens (including phenoxy) is 3. The van der Waals surface area contributed by atoms with Gasteiger partial charge in [-0.25, -0.2) is 24.1 Å². The number of hydrogen-bond acceptors (Lipinski definition) is 20. The maximum atomic E-state index is 12.5. The zero-order valence-electron chi connectivity index (χ0n) is 53.2. The summed E-state index contributed by atoms with van der Waals surface area (Å²) in [7, 11) is 0. The maximum Gasteiger partial charge on any atom is 0.358 e. The molecule has 1 amide bonds. The molecule has 0 radical (unpaired) electrons. The highest BCUT2D eigenvalue weighted by Crippen LogP contribution is 2.41. The summed E-state index contributed by atoms with van der Waals surface area (Å²) in [5, 5.41) is 29.2. The van der Waals surface area contributed by atoms with E-state index in [1.165, 1.54) is 58.8 Å². The number of carbonyl (C=O) groups excluding carboxylic acids is 1. The lowest BCUT2D eigenvalue weighted by atomic mass is 10.2. The van der Waals surface area contributed by atoms with Crippen LogP contribution in [0.1, 0.15) is 140 Å². The van der Waals surface area contributed by atoms with E-state index in [1.54, 1.807) is 29.6 Å². The fraction of sp³-hybridized carbons (Fsp3) is 0.300. The molecule has 2 fully saturated rings. The van der Waals surface area contributed by atoms with E-state index in [9.17, 15) is 9.59 Å². The minimum atomic E-state index is -1.08. The molecule has 5 aliphatic rings. The maximum absolute atomic E-state index is 12.5.